The molecular formula is C30H39BrN2O6. The van der Waals surface area contributed by atoms with Gasteiger partial charge in [0.15, 0.2) is 0 Å². The second-order valence-electron chi connectivity index (χ2n) is 11.2. The number of benzene rings is 1. The number of halogens is 1. The molecule has 3 aliphatic heterocycles. The summed E-state index contributed by atoms with van der Waals surface area (Å²) in [7, 11) is 0. The molecular weight excluding hydrogens is 564 g/mol. The molecule has 3 heterocycles. The van der Waals surface area contributed by atoms with Gasteiger partial charge < -0.3 is 24.4 Å². The van der Waals surface area contributed by atoms with E-state index in [1.54, 1.807) is 17.1 Å². The van der Waals surface area contributed by atoms with Gasteiger partial charge in [-0.15, -0.1) is 13.2 Å². The lowest BCUT2D eigenvalue weighted by Gasteiger charge is -2.40. The number of esters is 1. The van der Waals surface area contributed by atoms with Gasteiger partial charge in [0.1, 0.15) is 11.6 Å². The Morgan fingerprint density at radius 2 is 2.03 bits per heavy atom. The standard InChI is InChI=1S/C30H39BrN2O6/c1-7-9-13-38-29(37)23-24-27(35)33(22(16-34)17(3)4)26(30(24)15-20(31)25(23)39-30)28(36)32(12-8-2)21-14-18(5)10-11-19(21)6/h7-8,10-11,14,17,20,22-26,34H,1-2,9,12-13,15-16H2,3-6H3/t20?,22-,23+,24-,25+,26?,30?/m0/s1. The summed E-state index contributed by atoms with van der Waals surface area (Å²) in [6.45, 7) is 15.3. The van der Waals surface area contributed by atoms with E-state index in [1.807, 2.05) is 45.9 Å². The normalized spacial score (nSPS) is 29.9. The van der Waals surface area contributed by atoms with E-state index < -0.39 is 41.6 Å². The number of nitrogens with zero attached hydrogens (tertiary/aromatic N) is 2. The van der Waals surface area contributed by atoms with Gasteiger partial charge >= 0.3 is 5.97 Å². The number of ether oxygens (including phenoxy) is 2. The van der Waals surface area contributed by atoms with Crippen molar-refractivity contribution in [2.75, 3.05) is 24.7 Å². The third-order valence-electron chi connectivity index (χ3n) is 8.35. The molecule has 1 spiro atoms. The molecule has 1 aromatic carbocycles. The molecule has 39 heavy (non-hydrogen) atoms. The number of carbonyl (C=O) groups excluding carboxylic acids is 3. The maximum atomic E-state index is 14.7. The number of aliphatic hydroxyl groups excluding tert-OH is 1. The van der Waals surface area contributed by atoms with E-state index in [2.05, 4.69) is 29.1 Å². The summed E-state index contributed by atoms with van der Waals surface area (Å²) in [5.41, 5.74) is 1.38. The first-order valence-electron chi connectivity index (χ1n) is 13.6. The fraction of sp³-hybridized carbons (Fsp3) is 0.567. The summed E-state index contributed by atoms with van der Waals surface area (Å²) in [5.74, 6) is -3.08. The molecule has 4 rings (SSSR count). The molecule has 3 aliphatic rings. The number of anilines is 1. The lowest BCUT2D eigenvalue weighted by Crippen LogP contribution is -2.60. The van der Waals surface area contributed by atoms with Gasteiger partial charge in [-0.3, -0.25) is 14.4 Å². The van der Waals surface area contributed by atoms with Crippen LogP contribution in [0.2, 0.25) is 0 Å². The minimum absolute atomic E-state index is 0.145. The molecule has 3 unspecified atom stereocenters. The van der Waals surface area contributed by atoms with Gasteiger partial charge in [-0.25, -0.2) is 0 Å². The van der Waals surface area contributed by atoms with Crippen molar-refractivity contribution in [2.45, 2.75) is 69.2 Å². The minimum atomic E-state index is -1.24. The van der Waals surface area contributed by atoms with Crippen molar-refractivity contribution in [1.82, 2.24) is 4.90 Å². The third-order valence-corrected chi connectivity index (χ3v) is 9.19. The molecule has 8 nitrogen and oxygen atoms in total. The average Bonchev–Trinajstić information content (AvgIpc) is 3.48. The lowest BCUT2D eigenvalue weighted by molar-refractivity contribution is -0.155. The molecule has 0 radical (unpaired) electrons. The first-order valence-corrected chi connectivity index (χ1v) is 14.5. The Morgan fingerprint density at radius 1 is 1.31 bits per heavy atom. The maximum Gasteiger partial charge on any atom is 0.312 e. The van der Waals surface area contributed by atoms with Crippen LogP contribution >= 0.6 is 15.9 Å². The van der Waals surface area contributed by atoms with Crippen molar-refractivity contribution >= 4 is 39.4 Å². The van der Waals surface area contributed by atoms with E-state index in [9.17, 15) is 19.5 Å². The van der Waals surface area contributed by atoms with E-state index in [4.69, 9.17) is 9.47 Å². The Labute approximate surface area is 239 Å². The Bertz CT molecular complexity index is 1150. The molecule has 3 fully saturated rings. The van der Waals surface area contributed by atoms with E-state index >= 15 is 0 Å². The van der Waals surface area contributed by atoms with Gasteiger partial charge in [0.25, 0.3) is 5.91 Å². The Hall–Kier alpha value is -2.49. The number of amides is 2. The van der Waals surface area contributed by atoms with Crippen LogP contribution in [0.4, 0.5) is 5.69 Å². The monoisotopic (exact) mass is 602 g/mol. The minimum Gasteiger partial charge on any atom is -0.465 e. The van der Waals surface area contributed by atoms with Crippen molar-refractivity contribution in [1.29, 1.82) is 0 Å². The predicted octanol–water partition coefficient (Wildman–Crippen LogP) is 3.71. The number of aryl methyl sites for hydroxylation is 2. The van der Waals surface area contributed by atoms with E-state index in [0.29, 0.717) is 12.8 Å². The van der Waals surface area contributed by atoms with Crippen LogP contribution < -0.4 is 4.90 Å². The number of hydrogen-bond donors (Lipinski definition) is 1. The molecule has 0 aromatic heterocycles. The zero-order chi connectivity index (χ0) is 28.6. The third kappa shape index (κ3) is 4.87. The van der Waals surface area contributed by atoms with Crippen LogP contribution in [-0.2, 0) is 23.9 Å². The Balaban J connectivity index is 1.84. The highest BCUT2D eigenvalue weighted by Crippen LogP contribution is 2.61. The topological polar surface area (TPSA) is 96.4 Å². The van der Waals surface area contributed by atoms with Gasteiger partial charge in [0.05, 0.1) is 37.2 Å². The van der Waals surface area contributed by atoms with Crippen molar-refractivity contribution in [2.24, 2.45) is 17.8 Å². The molecule has 2 amide bonds. The van der Waals surface area contributed by atoms with Gasteiger partial charge in [-0.1, -0.05) is 54.1 Å². The van der Waals surface area contributed by atoms with Gasteiger partial charge in [0.2, 0.25) is 5.91 Å². The zero-order valence-corrected chi connectivity index (χ0v) is 24.7. The second-order valence-corrected chi connectivity index (χ2v) is 12.4. The molecule has 7 atom stereocenters. The van der Waals surface area contributed by atoms with Crippen molar-refractivity contribution in [3.05, 3.63) is 54.6 Å². The summed E-state index contributed by atoms with van der Waals surface area (Å²) >= 11 is 3.68. The zero-order valence-electron chi connectivity index (χ0n) is 23.1. The average molecular weight is 604 g/mol. The van der Waals surface area contributed by atoms with E-state index in [0.717, 1.165) is 16.8 Å². The first-order chi connectivity index (χ1) is 18.5. The summed E-state index contributed by atoms with van der Waals surface area (Å²) < 4.78 is 12.1. The summed E-state index contributed by atoms with van der Waals surface area (Å²) in [6.07, 6.45) is 3.58. The number of likely N-dealkylation sites (tertiary alicyclic amines) is 1. The summed E-state index contributed by atoms with van der Waals surface area (Å²) in [6, 6.07) is 4.21. The van der Waals surface area contributed by atoms with E-state index in [1.165, 1.54) is 4.90 Å². The van der Waals surface area contributed by atoms with Crippen LogP contribution in [0.5, 0.6) is 0 Å². The lowest BCUT2D eigenvalue weighted by atomic mass is 9.70. The molecule has 9 heteroatoms. The molecule has 1 aromatic rings. The second kappa shape index (κ2) is 11.6. The molecule has 0 saturated carbocycles. The fourth-order valence-electron chi connectivity index (χ4n) is 6.53. The molecule has 3 saturated heterocycles. The SMILES string of the molecule is C=CCCOC(=O)[C@H]1[C@@H]2OC3(CC2Br)C(C(=O)N(CC=C)c2cc(C)ccc2C)N([C@@H](CO)C(C)C)C(=O)[C@H]13. The van der Waals surface area contributed by atoms with Crippen LogP contribution in [0.3, 0.4) is 0 Å². The number of alkyl halides is 1. The van der Waals surface area contributed by atoms with Crippen molar-refractivity contribution < 1.29 is 29.0 Å². The number of aliphatic hydroxyl groups is 1. The van der Waals surface area contributed by atoms with Gasteiger partial charge in [-0.2, -0.15) is 0 Å². The molecule has 1 N–H and O–H groups in total. The summed E-state index contributed by atoms with van der Waals surface area (Å²) in [4.78, 5) is 45.2. The number of hydrogen-bond acceptors (Lipinski definition) is 6. The van der Waals surface area contributed by atoms with Gasteiger partial charge in [-0.05, 0) is 49.8 Å². The van der Waals surface area contributed by atoms with Crippen LogP contribution in [-0.4, -0.2) is 76.2 Å². The van der Waals surface area contributed by atoms with Crippen LogP contribution in [0.1, 0.15) is 37.8 Å². The molecule has 2 bridgehead atoms. The molecule has 0 aliphatic carbocycles. The Kier molecular flexibility index (Phi) is 8.73. The number of fused-ring (bicyclic) bond motifs is 1. The van der Waals surface area contributed by atoms with Crippen LogP contribution in [0.25, 0.3) is 0 Å². The highest BCUT2D eigenvalue weighted by molar-refractivity contribution is 9.09. The van der Waals surface area contributed by atoms with Crippen molar-refractivity contribution in [3.63, 3.8) is 0 Å². The maximum absolute atomic E-state index is 14.7. The van der Waals surface area contributed by atoms with Crippen molar-refractivity contribution in [3.8, 4) is 0 Å². The fourth-order valence-corrected chi connectivity index (χ4v) is 7.47. The largest absolute Gasteiger partial charge is 0.465 e. The number of rotatable bonds is 11. The first kappa shape index (κ1) is 29.5. The van der Waals surface area contributed by atoms with Crippen LogP contribution in [0.15, 0.2) is 43.5 Å². The number of carbonyl (C=O) groups is 3. The van der Waals surface area contributed by atoms with Gasteiger partial charge in [0, 0.05) is 17.1 Å². The smallest absolute Gasteiger partial charge is 0.312 e. The predicted molar refractivity (Wildman–Crippen MR) is 153 cm³/mol. The Morgan fingerprint density at radius 3 is 2.64 bits per heavy atom. The van der Waals surface area contributed by atoms with E-state index in [-0.39, 0.29) is 42.3 Å². The summed E-state index contributed by atoms with van der Waals surface area (Å²) in [5, 5.41) is 10.4. The highest BCUT2D eigenvalue weighted by Gasteiger charge is 2.77. The molecule has 212 valence electrons. The highest BCUT2D eigenvalue weighted by atomic mass is 79.9. The van der Waals surface area contributed by atoms with Crippen LogP contribution in [0, 0.1) is 31.6 Å². The quantitative estimate of drug-likeness (QED) is 0.179.